The molecule has 0 radical (unpaired) electrons. The molecular formula is C34H43FN2O. The Bertz CT molecular complexity index is 1160. The summed E-state index contributed by atoms with van der Waals surface area (Å²) in [5.74, 6) is 5.93. The highest BCUT2D eigenvalue weighted by Crippen LogP contribution is 2.61. The smallest absolute Gasteiger partial charge is 0.123 e. The molecular weight excluding hydrogens is 471 g/mol. The van der Waals surface area contributed by atoms with Crippen molar-refractivity contribution in [3.63, 3.8) is 0 Å². The molecule has 2 unspecified atom stereocenters. The number of phenols is 1. The van der Waals surface area contributed by atoms with Crippen molar-refractivity contribution in [1.29, 1.82) is 0 Å². The first-order chi connectivity index (χ1) is 18.4. The molecule has 8 aliphatic carbocycles. The second kappa shape index (κ2) is 8.80. The minimum atomic E-state index is -0.163. The van der Waals surface area contributed by atoms with Crippen LogP contribution in [0.25, 0.3) is 0 Å². The molecule has 3 nitrogen and oxygen atoms in total. The van der Waals surface area contributed by atoms with Gasteiger partial charge in [0.25, 0.3) is 0 Å². The van der Waals surface area contributed by atoms with E-state index in [2.05, 4.69) is 28.8 Å². The molecule has 0 amide bonds. The maximum absolute atomic E-state index is 13.3. The van der Waals surface area contributed by atoms with E-state index in [1.807, 2.05) is 12.1 Å². The number of halogens is 1. The molecule has 8 aliphatic rings. The average molecular weight is 515 g/mol. The number of nitrogens with one attached hydrogen (secondary N) is 2. The highest BCUT2D eigenvalue weighted by molar-refractivity contribution is 5.39. The number of hydrogen-bond acceptors (Lipinski definition) is 3. The van der Waals surface area contributed by atoms with Gasteiger partial charge in [-0.3, -0.25) is 0 Å². The minimum absolute atomic E-state index is 0.163. The van der Waals surface area contributed by atoms with Crippen LogP contribution in [0.15, 0.2) is 42.5 Å². The quantitative estimate of drug-likeness (QED) is 0.371. The summed E-state index contributed by atoms with van der Waals surface area (Å²) < 4.78 is 13.3. The summed E-state index contributed by atoms with van der Waals surface area (Å²) in [4.78, 5) is 0. The van der Waals surface area contributed by atoms with Gasteiger partial charge in [0.2, 0.25) is 0 Å². The lowest BCUT2D eigenvalue weighted by Crippen LogP contribution is -2.60. The molecule has 4 heteroatoms. The Hall–Kier alpha value is -1.91. The highest BCUT2D eigenvalue weighted by Gasteiger charge is 2.55. The van der Waals surface area contributed by atoms with E-state index >= 15 is 0 Å². The second-order valence-corrected chi connectivity index (χ2v) is 14.7. The fourth-order valence-corrected chi connectivity index (χ4v) is 11.2. The molecule has 0 spiro atoms. The van der Waals surface area contributed by atoms with Crippen molar-refractivity contribution in [3.05, 3.63) is 65.0 Å². The van der Waals surface area contributed by atoms with Crippen molar-refractivity contribution in [2.24, 2.45) is 35.5 Å². The predicted octanol–water partition coefficient (Wildman–Crippen LogP) is 7.04. The second-order valence-electron chi connectivity index (χ2n) is 14.7. The van der Waals surface area contributed by atoms with Gasteiger partial charge in [-0.1, -0.05) is 24.3 Å². The van der Waals surface area contributed by atoms with Crippen LogP contribution in [-0.2, 0) is 13.1 Å². The number of benzene rings is 2. The van der Waals surface area contributed by atoms with Crippen molar-refractivity contribution in [2.45, 2.75) is 101 Å². The molecule has 10 rings (SSSR count). The lowest BCUT2D eigenvalue weighted by atomic mass is 9.48. The Morgan fingerprint density at radius 3 is 1.84 bits per heavy atom. The number of phenolic OH excluding ortho intramolecular Hbond substituents is 1. The summed E-state index contributed by atoms with van der Waals surface area (Å²) in [5, 5.41) is 19.1. The fraction of sp³-hybridized carbons (Fsp3) is 0.647. The Morgan fingerprint density at radius 1 is 0.684 bits per heavy atom. The monoisotopic (exact) mass is 514 g/mol. The zero-order valence-electron chi connectivity index (χ0n) is 22.6. The molecule has 2 atom stereocenters. The van der Waals surface area contributed by atoms with Gasteiger partial charge in [-0.25, -0.2) is 4.39 Å². The van der Waals surface area contributed by atoms with Crippen LogP contribution in [0.4, 0.5) is 4.39 Å². The average Bonchev–Trinajstić information content (AvgIpc) is 2.86. The van der Waals surface area contributed by atoms with E-state index in [-0.39, 0.29) is 11.4 Å². The van der Waals surface area contributed by atoms with Gasteiger partial charge >= 0.3 is 0 Å². The van der Waals surface area contributed by atoms with Gasteiger partial charge in [-0.15, -0.1) is 0 Å². The zero-order valence-corrected chi connectivity index (χ0v) is 22.6. The first-order valence-corrected chi connectivity index (χ1v) is 15.5. The van der Waals surface area contributed by atoms with E-state index < -0.39 is 0 Å². The molecule has 0 aromatic heterocycles. The molecule has 8 fully saturated rings. The topological polar surface area (TPSA) is 44.3 Å². The first kappa shape index (κ1) is 23.9. The van der Waals surface area contributed by atoms with Crippen LogP contribution in [-0.4, -0.2) is 16.2 Å². The van der Waals surface area contributed by atoms with Crippen LogP contribution in [0.5, 0.6) is 5.75 Å². The molecule has 2 aromatic rings. The standard InChI is InChI=1S/C34H43FN2O/c35-30-5-1-21(2-6-30)19-36-34-16-25-10-28(17-34)32(29(11-25)18-34)26-3-4-27(31(38)12-26)20-37-33-13-22-7-23(14-33)9-24(8-22)15-33/h1-6,12,22-25,28-29,32,36-38H,7-11,13-20H2. The van der Waals surface area contributed by atoms with Gasteiger partial charge in [0, 0.05) is 29.7 Å². The molecule has 8 saturated carbocycles. The molecule has 0 saturated heterocycles. The largest absolute Gasteiger partial charge is 0.508 e. The predicted molar refractivity (Wildman–Crippen MR) is 148 cm³/mol. The molecule has 0 heterocycles. The van der Waals surface area contributed by atoms with Crippen LogP contribution in [0, 0.1) is 41.3 Å². The Kier molecular flexibility index (Phi) is 5.54. The van der Waals surface area contributed by atoms with Crippen LogP contribution >= 0.6 is 0 Å². The molecule has 8 bridgehead atoms. The van der Waals surface area contributed by atoms with Gasteiger partial charge in [-0.2, -0.15) is 0 Å². The maximum Gasteiger partial charge on any atom is 0.123 e. The summed E-state index contributed by atoms with van der Waals surface area (Å²) in [7, 11) is 0. The fourth-order valence-electron chi connectivity index (χ4n) is 11.2. The van der Waals surface area contributed by atoms with Gasteiger partial charge in [-0.05, 0) is 141 Å². The maximum atomic E-state index is 13.3. The molecule has 202 valence electrons. The van der Waals surface area contributed by atoms with Crippen molar-refractivity contribution in [2.75, 3.05) is 0 Å². The van der Waals surface area contributed by atoms with Gasteiger partial charge in [0.15, 0.2) is 0 Å². The molecule has 0 aliphatic heterocycles. The highest BCUT2D eigenvalue weighted by atomic mass is 19.1. The van der Waals surface area contributed by atoms with Crippen molar-refractivity contribution < 1.29 is 9.50 Å². The lowest BCUT2D eigenvalue weighted by Gasteiger charge is -2.60. The van der Waals surface area contributed by atoms with Crippen LogP contribution < -0.4 is 10.6 Å². The third kappa shape index (κ3) is 4.13. The van der Waals surface area contributed by atoms with E-state index in [9.17, 15) is 9.50 Å². The van der Waals surface area contributed by atoms with E-state index in [0.717, 1.165) is 42.3 Å². The lowest BCUT2D eigenvalue weighted by molar-refractivity contribution is -0.0391. The zero-order chi connectivity index (χ0) is 25.5. The summed E-state index contributed by atoms with van der Waals surface area (Å²) >= 11 is 0. The minimum Gasteiger partial charge on any atom is -0.508 e. The van der Waals surface area contributed by atoms with Crippen LogP contribution in [0.1, 0.15) is 93.2 Å². The van der Waals surface area contributed by atoms with Gasteiger partial charge < -0.3 is 15.7 Å². The number of hydrogen-bond donors (Lipinski definition) is 3. The third-order valence-electron chi connectivity index (χ3n) is 12.0. The first-order valence-electron chi connectivity index (χ1n) is 15.5. The van der Waals surface area contributed by atoms with E-state index in [4.69, 9.17) is 0 Å². The number of aromatic hydroxyl groups is 1. The van der Waals surface area contributed by atoms with Crippen molar-refractivity contribution in [1.82, 2.24) is 10.6 Å². The Morgan fingerprint density at radius 2 is 1.24 bits per heavy atom. The van der Waals surface area contributed by atoms with Crippen LogP contribution in [0.2, 0.25) is 0 Å². The molecule has 2 aromatic carbocycles. The summed E-state index contributed by atoms with van der Waals surface area (Å²) in [6.07, 6.45) is 14.8. The Balaban J connectivity index is 0.950. The summed E-state index contributed by atoms with van der Waals surface area (Å²) in [5.41, 5.74) is 4.16. The van der Waals surface area contributed by atoms with Crippen molar-refractivity contribution >= 4 is 0 Å². The van der Waals surface area contributed by atoms with E-state index in [1.165, 1.54) is 81.8 Å². The SMILES string of the molecule is Oc1cc(C2C3CC4CC2CC(NCc2ccc(F)cc2)(C4)C3)ccc1CNC12CC3CC(CC(C3)C1)C2. The summed E-state index contributed by atoms with van der Waals surface area (Å²) in [6, 6.07) is 13.7. The molecule has 3 N–H and O–H groups in total. The Labute approximate surface area is 227 Å². The summed E-state index contributed by atoms with van der Waals surface area (Å²) in [6.45, 7) is 1.62. The van der Waals surface area contributed by atoms with Crippen LogP contribution in [0.3, 0.4) is 0 Å². The van der Waals surface area contributed by atoms with Gasteiger partial charge in [0.1, 0.15) is 11.6 Å². The number of rotatable bonds is 7. The third-order valence-corrected chi connectivity index (χ3v) is 12.0. The van der Waals surface area contributed by atoms with Crippen molar-refractivity contribution in [3.8, 4) is 5.75 Å². The van der Waals surface area contributed by atoms with Gasteiger partial charge in [0.05, 0.1) is 0 Å². The molecule has 38 heavy (non-hydrogen) atoms. The van der Waals surface area contributed by atoms with E-state index in [1.54, 1.807) is 12.1 Å². The van der Waals surface area contributed by atoms with E-state index in [0.29, 0.717) is 29.0 Å². The normalized spacial score (nSPS) is 42.2.